The average Bonchev–Trinajstić information content (AvgIpc) is 2.31. The number of carbonyl (C=O) groups excluding carboxylic acids is 2. The Bertz CT molecular complexity index is 531. The number of hydrogen-bond donors (Lipinski definition) is 3. The number of nitrogens with one attached hydrogen (secondary N) is 2. The van der Waals surface area contributed by atoms with Crippen molar-refractivity contribution in [3.05, 3.63) is 27.7 Å². The summed E-state index contributed by atoms with van der Waals surface area (Å²) in [5.41, 5.74) is -0.523. The Balaban J connectivity index is 2.54. The van der Waals surface area contributed by atoms with Gasteiger partial charge in [-0.1, -0.05) is 44.0 Å². The Morgan fingerprint density at radius 1 is 1.14 bits per heavy atom. The molecule has 3 N–H and O–H groups in total. The van der Waals surface area contributed by atoms with Crippen LogP contribution in [-0.2, 0) is 4.79 Å². The second kappa shape index (κ2) is 7.00. The minimum Gasteiger partial charge on any atom is -0.507 e. The maximum absolute atomic E-state index is 11.9. The van der Waals surface area contributed by atoms with Gasteiger partial charge in [0.05, 0.1) is 10.6 Å². The van der Waals surface area contributed by atoms with E-state index >= 15 is 0 Å². The summed E-state index contributed by atoms with van der Waals surface area (Å²) < 4.78 is 0. The molecule has 0 heterocycles. The molecule has 0 aliphatic carbocycles. The van der Waals surface area contributed by atoms with Crippen molar-refractivity contribution in [3.63, 3.8) is 0 Å². The lowest BCUT2D eigenvalue weighted by Gasteiger charge is -2.17. The monoisotopic (exact) mass is 332 g/mol. The number of halogens is 2. The van der Waals surface area contributed by atoms with Crippen LogP contribution in [0.25, 0.3) is 0 Å². The van der Waals surface area contributed by atoms with E-state index in [9.17, 15) is 14.7 Å². The van der Waals surface area contributed by atoms with Gasteiger partial charge in [0.2, 0.25) is 5.91 Å². The first-order valence-electron chi connectivity index (χ1n) is 6.37. The summed E-state index contributed by atoms with van der Waals surface area (Å²) in [5.74, 6) is -0.924. The van der Waals surface area contributed by atoms with Crippen LogP contribution in [0.5, 0.6) is 5.75 Å². The van der Waals surface area contributed by atoms with Gasteiger partial charge in [-0.15, -0.1) is 0 Å². The van der Waals surface area contributed by atoms with Gasteiger partial charge in [0.25, 0.3) is 5.91 Å². The fourth-order valence-corrected chi connectivity index (χ4v) is 2.06. The fraction of sp³-hybridized carbons (Fsp3) is 0.429. The molecule has 7 heteroatoms. The number of aromatic hydroxyl groups is 1. The highest BCUT2D eigenvalue weighted by Gasteiger charge is 2.20. The predicted octanol–water partition coefficient (Wildman–Crippen LogP) is 2.59. The lowest BCUT2D eigenvalue weighted by molar-refractivity contribution is -0.128. The second-order valence-corrected chi connectivity index (χ2v) is 6.39. The van der Waals surface area contributed by atoms with Crippen LogP contribution in [0.3, 0.4) is 0 Å². The Labute approximate surface area is 133 Å². The first kappa shape index (κ1) is 17.6. The maximum atomic E-state index is 11.9. The van der Waals surface area contributed by atoms with Crippen molar-refractivity contribution in [2.45, 2.75) is 20.8 Å². The maximum Gasteiger partial charge on any atom is 0.256 e. The molecule has 0 saturated heterocycles. The van der Waals surface area contributed by atoms with Gasteiger partial charge in [0.1, 0.15) is 5.75 Å². The van der Waals surface area contributed by atoms with Gasteiger partial charge in [-0.3, -0.25) is 9.59 Å². The first-order valence-corrected chi connectivity index (χ1v) is 7.13. The van der Waals surface area contributed by atoms with Crippen molar-refractivity contribution in [3.8, 4) is 5.75 Å². The third-order valence-electron chi connectivity index (χ3n) is 2.64. The van der Waals surface area contributed by atoms with Crippen LogP contribution < -0.4 is 10.6 Å². The predicted molar refractivity (Wildman–Crippen MR) is 82.9 cm³/mol. The zero-order chi connectivity index (χ0) is 16.2. The largest absolute Gasteiger partial charge is 0.507 e. The summed E-state index contributed by atoms with van der Waals surface area (Å²) in [7, 11) is 0. The minimum atomic E-state index is -0.529. The van der Waals surface area contributed by atoms with E-state index in [4.69, 9.17) is 23.2 Å². The van der Waals surface area contributed by atoms with Crippen molar-refractivity contribution in [1.29, 1.82) is 0 Å². The van der Waals surface area contributed by atoms with E-state index < -0.39 is 11.3 Å². The highest BCUT2D eigenvalue weighted by atomic mass is 35.5. The zero-order valence-electron chi connectivity index (χ0n) is 12.1. The smallest absolute Gasteiger partial charge is 0.256 e. The van der Waals surface area contributed by atoms with E-state index in [-0.39, 0.29) is 40.4 Å². The van der Waals surface area contributed by atoms with Crippen LogP contribution >= 0.6 is 23.2 Å². The number of amides is 2. The Morgan fingerprint density at radius 3 is 2.24 bits per heavy atom. The minimum absolute atomic E-state index is 0.0387. The molecule has 0 aliphatic rings. The van der Waals surface area contributed by atoms with E-state index in [1.54, 1.807) is 20.8 Å². The highest BCUT2D eigenvalue weighted by Crippen LogP contribution is 2.29. The Hall–Kier alpha value is -1.46. The first-order chi connectivity index (χ1) is 9.62. The molecular formula is C14H18Cl2N2O3. The van der Waals surface area contributed by atoms with Crippen LogP contribution in [0.4, 0.5) is 0 Å². The van der Waals surface area contributed by atoms with Gasteiger partial charge in [-0.25, -0.2) is 0 Å². The van der Waals surface area contributed by atoms with E-state index in [1.807, 2.05) is 0 Å². The van der Waals surface area contributed by atoms with Crippen molar-refractivity contribution >= 4 is 35.0 Å². The lowest BCUT2D eigenvalue weighted by atomic mass is 9.96. The van der Waals surface area contributed by atoms with Crippen molar-refractivity contribution in [2.75, 3.05) is 13.1 Å². The molecule has 1 rings (SSSR count). The molecule has 1 aromatic rings. The number of phenolic OH excluding ortho intramolecular Hbond substituents is 1. The lowest BCUT2D eigenvalue weighted by Crippen LogP contribution is -2.39. The molecule has 0 unspecified atom stereocenters. The second-order valence-electron chi connectivity index (χ2n) is 5.54. The highest BCUT2D eigenvalue weighted by molar-refractivity contribution is 6.37. The van der Waals surface area contributed by atoms with E-state index in [2.05, 4.69) is 10.6 Å². The summed E-state index contributed by atoms with van der Waals surface area (Å²) >= 11 is 11.6. The average molecular weight is 333 g/mol. The van der Waals surface area contributed by atoms with Crippen LogP contribution in [0.2, 0.25) is 10.0 Å². The molecule has 0 atom stereocenters. The summed E-state index contributed by atoms with van der Waals surface area (Å²) in [4.78, 5) is 23.6. The summed E-state index contributed by atoms with van der Waals surface area (Å²) in [6, 6.07) is 2.61. The summed E-state index contributed by atoms with van der Waals surface area (Å²) in [5, 5.41) is 15.3. The molecule has 0 aromatic heterocycles. The molecule has 116 valence electrons. The van der Waals surface area contributed by atoms with Gasteiger partial charge >= 0.3 is 0 Å². The molecule has 0 aliphatic heterocycles. The van der Waals surface area contributed by atoms with Crippen molar-refractivity contribution in [1.82, 2.24) is 10.6 Å². The van der Waals surface area contributed by atoms with Crippen LogP contribution in [0.15, 0.2) is 12.1 Å². The standard InChI is InChI=1S/C14H18Cl2N2O3/c1-14(2,3)13(21)18-5-4-17-12(20)11-9(16)6-8(15)7-10(11)19/h6-7,19H,4-5H2,1-3H3,(H,17,20)(H,18,21). The number of rotatable bonds is 4. The molecule has 2 amide bonds. The molecule has 0 radical (unpaired) electrons. The summed E-state index contributed by atoms with van der Waals surface area (Å²) in [6.45, 7) is 5.90. The van der Waals surface area contributed by atoms with Gasteiger partial charge < -0.3 is 15.7 Å². The zero-order valence-corrected chi connectivity index (χ0v) is 13.6. The normalized spacial score (nSPS) is 11.1. The molecule has 0 saturated carbocycles. The topological polar surface area (TPSA) is 78.4 Å². The van der Waals surface area contributed by atoms with E-state index in [0.29, 0.717) is 0 Å². The molecular weight excluding hydrogens is 315 g/mol. The molecule has 5 nitrogen and oxygen atoms in total. The molecule has 0 spiro atoms. The van der Waals surface area contributed by atoms with Crippen LogP contribution in [0.1, 0.15) is 31.1 Å². The van der Waals surface area contributed by atoms with Gasteiger partial charge in [-0.2, -0.15) is 0 Å². The third kappa shape index (κ3) is 5.10. The number of carbonyl (C=O) groups is 2. The quantitative estimate of drug-likeness (QED) is 0.741. The molecule has 1 aromatic carbocycles. The van der Waals surface area contributed by atoms with Gasteiger partial charge in [0, 0.05) is 23.5 Å². The van der Waals surface area contributed by atoms with E-state index in [1.165, 1.54) is 12.1 Å². The molecule has 21 heavy (non-hydrogen) atoms. The number of phenols is 1. The molecule has 0 fully saturated rings. The number of benzene rings is 1. The van der Waals surface area contributed by atoms with Crippen molar-refractivity contribution in [2.24, 2.45) is 5.41 Å². The van der Waals surface area contributed by atoms with E-state index in [0.717, 1.165) is 0 Å². The van der Waals surface area contributed by atoms with Crippen LogP contribution in [0, 0.1) is 5.41 Å². The molecule has 0 bridgehead atoms. The van der Waals surface area contributed by atoms with Crippen LogP contribution in [-0.4, -0.2) is 30.0 Å². The number of hydrogen-bond acceptors (Lipinski definition) is 3. The Morgan fingerprint density at radius 2 is 1.71 bits per heavy atom. The summed E-state index contributed by atoms with van der Waals surface area (Å²) in [6.07, 6.45) is 0. The van der Waals surface area contributed by atoms with Crippen molar-refractivity contribution < 1.29 is 14.7 Å². The fourth-order valence-electron chi connectivity index (χ4n) is 1.49. The third-order valence-corrected chi connectivity index (χ3v) is 3.15. The Kier molecular flexibility index (Phi) is 5.87. The van der Waals surface area contributed by atoms with Gasteiger partial charge in [-0.05, 0) is 12.1 Å². The SMILES string of the molecule is CC(C)(C)C(=O)NCCNC(=O)c1c(O)cc(Cl)cc1Cl. The van der Waals surface area contributed by atoms with Gasteiger partial charge in [0.15, 0.2) is 0 Å².